The molecule has 1 aliphatic rings. The van der Waals surface area contributed by atoms with Crippen LogP contribution in [0.15, 0.2) is 23.2 Å². The number of likely N-dealkylation sites (tertiary alicyclic amines) is 1. The molecule has 1 amide bonds. The van der Waals surface area contributed by atoms with Crippen molar-refractivity contribution in [2.24, 2.45) is 4.99 Å². The molecule has 0 atom stereocenters. The Morgan fingerprint density at radius 1 is 1.28 bits per heavy atom. The van der Waals surface area contributed by atoms with E-state index < -0.39 is 0 Å². The fourth-order valence-electron chi connectivity index (χ4n) is 3.48. The molecule has 0 aliphatic carbocycles. The van der Waals surface area contributed by atoms with E-state index in [-0.39, 0.29) is 18.0 Å². The summed E-state index contributed by atoms with van der Waals surface area (Å²) in [5.41, 5.74) is 1.49. The normalized spacial score (nSPS) is 15.2. The first-order valence-corrected chi connectivity index (χ1v) is 10.4. The Labute approximate surface area is 173 Å². The molecule has 2 N–H and O–H groups in total. The summed E-state index contributed by atoms with van der Waals surface area (Å²) in [6.45, 7) is 9.59. The molecule has 1 aromatic carbocycles. The third kappa shape index (κ3) is 6.51. The number of piperidine rings is 1. The smallest absolute Gasteiger partial charge is 0.409 e. The van der Waals surface area contributed by atoms with Crippen LogP contribution < -0.4 is 15.5 Å². The fraction of sp³-hybridized carbons (Fsp3) is 0.619. The number of halogens is 1. The van der Waals surface area contributed by atoms with Crippen LogP contribution in [-0.2, 0) is 11.3 Å². The molecule has 8 heteroatoms. The van der Waals surface area contributed by atoms with Crippen molar-refractivity contribution in [1.29, 1.82) is 0 Å². The Balaban J connectivity index is 1.84. The van der Waals surface area contributed by atoms with Crippen molar-refractivity contribution in [3.05, 3.63) is 29.6 Å². The molecular formula is C21H34FN5O2. The number of benzene rings is 1. The predicted molar refractivity (Wildman–Crippen MR) is 115 cm³/mol. The van der Waals surface area contributed by atoms with Crippen molar-refractivity contribution in [2.45, 2.75) is 46.2 Å². The summed E-state index contributed by atoms with van der Waals surface area (Å²) in [7, 11) is 1.72. The summed E-state index contributed by atoms with van der Waals surface area (Å²) in [5.74, 6) is 0.468. The lowest BCUT2D eigenvalue weighted by molar-refractivity contribution is 0.0963. The highest BCUT2D eigenvalue weighted by Crippen LogP contribution is 2.20. The summed E-state index contributed by atoms with van der Waals surface area (Å²) >= 11 is 0. The average Bonchev–Trinajstić information content (AvgIpc) is 2.73. The molecule has 0 saturated carbocycles. The van der Waals surface area contributed by atoms with E-state index in [1.165, 1.54) is 0 Å². The maximum absolute atomic E-state index is 14.5. The number of ether oxygens (including phenoxy) is 1. The zero-order chi connectivity index (χ0) is 21.2. The van der Waals surface area contributed by atoms with Crippen molar-refractivity contribution in [3.8, 4) is 0 Å². The van der Waals surface area contributed by atoms with Gasteiger partial charge in [-0.25, -0.2) is 9.18 Å². The Hall–Kier alpha value is -2.51. The molecule has 1 aromatic rings. The monoisotopic (exact) mass is 407 g/mol. The number of hydrogen-bond acceptors (Lipinski definition) is 4. The number of anilines is 1. The van der Waals surface area contributed by atoms with Crippen LogP contribution in [0, 0.1) is 5.82 Å². The van der Waals surface area contributed by atoms with Crippen LogP contribution in [0.1, 0.15) is 39.2 Å². The largest absolute Gasteiger partial charge is 0.450 e. The molecule has 0 unspecified atom stereocenters. The summed E-state index contributed by atoms with van der Waals surface area (Å²) in [6, 6.07) is 5.58. The van der Waals surface area contributed by atoms with Gasteiger partial charge in [0.25, 0.3) is 0 Å². The molecule has 1 heterocycles. The van der Waals surface area contributed by atoms with E-state index in [4.69, 9.17) is 4.74 Å². The second kappa shape index (κ2) is 11.5. The van der Waals surface area contributed by atoms with Crippen LogP contribution in [0.5, 0.6) is 0 Å². The Morgan fingerprint density at radius 2 is 1.97 bits per heavy atom. The Morgan fingerprint density at radius 3 is 2.52 bits per heavy atom. The van der Waals surface area contributed by atoms with Crippen LogP contribution in [0.4, 0.5) is 14.9 Å². The van der Waals surface area contributed by atoms with E-state index >= 15 is 0 Å². The second-order valence-electron chi connectivity index (χ2n) is 6.99. The molecule has 0 radical (unpaired) electrons. The van der Waals surface area contributed by atoms with Gasteiger partial charge in [-0.1, -0.05) is 6.07 Å². The zero-order valence-corrected chi connectivity index (χ0v) is 18.0. The van der Waals surface area contributed by atoms with Gasteiger partial charge in [-0.15, -0.1) is 0 Å². The first-order chi connectivity index (χ1) is 14.0. The van der Waals surface area contributed by atoms with E-state index in [1.54, 1.807) is 18.0 Å². The third-order valence-corrected chi connectivity index (χ3v) is 5.16. The first kappa shape index (κ1) is 22.8. The molecule has 162 valence electrons. The zero-order valence-electron chi connectivity index (χ0n) is 18.0. The van der Waals surface area contributed by atoms with Crippen LogP contribution in [-0.4, -0.2) is 62.8 Å². The standard InChI is InChI=1S/C21H34FN5O2/c1-5-26(6-2)19-9-8-16(14-18(19)22)15-24-20(23-4)25-17-10-12-27(13-11-17)21(28)29-7-3/h8-9,14,17H,5-7,10-13,15H2,1-4H3,(H2,23,24,25). The third-order valence-electron chi connectivity index (χ3n) is 5.16. The van der Waals surface area contributed by atoms with Gasteiger partial charge >= 0.3 is 6.09 Å². The Bertz CT molecular complexity index is 686. The quantitative estimate of drug-likeness (QED) is 0.537. The van der Waals surface area contributed by atoms with Gasteiger partial charge in [0.05, 0.1) is 12.3 Å². The number of nitrogens with zero attached hydrogens (tertiary/aromatic N) is 3. The number of carbonyl (C=O) groups is 1. The molecule has 1 aliphatic heterocycles. The van der Waals surface area contributed by atoms with Crippen LogP contribution >= 0.6 is 0 Å². The minimum absolute atomic E-state index is 0.206. The molecule has 0 bridgehead atoms. The number of amides is 1. The second-order valence-corrected chi connectivity index (χ2v) is 6.99. The van der Waals surface area contributed by atoms with Crippen molar-refractivity contribution in [2.75, 3.05) is 44.7 Å². The highest BCUT2D eigenvalue weighted by Gasteiger charge is 2.24. The van der Waals surface area contributed by atoms with E-state index in [1.807, 2.05) is 37.8 Å². The molecule has 1 saturated heterocycles. The van der Waals surface area contributed by atoms with E-state index in [2.05, 4.69) is 15.6 Å². The lowest BCUT2D eigenvalue weighted by Gasteiger charge is -2.32. The average molecular weight is 408 g/mol. The van der Waals surface area contributed by atoms with E-state index in [9.17, 15) is 9.18 Å². The number of aliphatic imine (C=N–C) groups is 1. The maximum Gasteiger partial charge on any atom is 0.409 e. The van der Waals surface area contributed by atoms with Gasteiger partial charge in [0, 0.05) is 45.8 Å². The molecule has 0 aromatic heterocycles. The molecule has 2 rings (SSSR count). The number of nitrogens with one attached hydrogen (secondary N) is 2. The minimum atomic E-state index is -0.247. The van der Waals surface area contributed by atoms with Crippen molar-refractivity contribution in [3.63, 3.8) is 0 Å². The highest BCUT2D eigenvalue weighted by atomic mass is 19.1. The first-order valence-electron chi connectivity index (χ1n) is 10.4. The van der Waals surface area contributed by atoms with Crippen molar-refractivity contribution < 1.29 is 13.9 Å². The SMILES string of the molecule is CCOC(=O)N1CCC(NC(=NC)NCc2ccc(N(CC)CC)c(F)c2)CC1. The lowest BCUT2D eigenvalue weighted by atomic mass is 10.1. The van der Waals surface area contributed by atoms with Crippen molar-refractivity contribution in [1.82, 2.24) is 15.5 Å². The number of rotatable bonds is 7. The van der Waals surface area contributed by atoms with Crippen LogP contribution in [0.3, 0.4) is 0 Å². The number of guanidine groups is 1. The van der Waals surface area contributed by atoms with Gasteiger partial charge in [-0.2, -0.15) is 0 Å². The summed E-state index contributed by atoms with van der Waals surface area (Å²) in [5, 5.41) is 6.63. The van der Waals surface area contributed by atoms with Gasteiger partial charge in [0.1, 0.15) is 5.82 Å². The molecule has 29 heavy (non-hydrogen) atoms. The van der Waals surface area contributed by atoms with Crippen LogP contribution in [0.2, 0.25) is 0 Å². The topological polar surface area (TPSA) is 69.2 Å². The molecular weight excluding hydrogens is 373 g/mol. The number of carbonyl (C=O) groups excluding carboxylic acids is 1. The summed E-state index contributed by atoms with van der Waals surface area (Å²) in [6.07, 6.45) is 1.41. The minimum Gasteiger partial charge on any atom is -0.450 e. The summed E-state index contributed by atoms with van der Waals surface area (Å²) < 4.78 is 19.5. The maximum atomic E-state index is 14.5. The number of hydrogen-bond donors (Lipinski definition) is 2. The van der Waals surface area contributed by atoms with Crippen LogP contribution in [0.25, 0.3) is 0 Å². The van der Waals surface area contributed by atoms with E-state index in [0.717, 1.165) is 31.5 Å². The predicted octanol–water partition coefficient (Wildman–Crippen LogP) is 2.96. The molecule has 0 spiro atoms. The van der Waals surface area contributed by atoms with Gasteiger partial charge in [0.15, 0.2) is 5.96 Å². The molecule has 1 fully saturated rings. The highest BCUT2D eigenvalue weighted by molar-refractivity contribution is 5.80. The molecule has 7 nitrogen and oxygen atoms in total. The van der Waals surface area contributed by atoms with Crippen molar-refractivity contribution >= 4 is 17.7 Å². The van der Waals surface area contributed by atoms with E-state index in [0.29, 0.717) is 37.9 Å². The van der Waals surface area contributed by atoms with Gasteiger partial charge < -0.3 is 25.2 Å². The van der Waals surface area contributed by atoms with Gasteiger partial charge in [-0.3, -0.25) is 4.99 Å². The van der Waals surface area contributed by atoms with Gasteiger partial charge in [0.2, 0.25) is 0 Å². The Kier molecular flexibility index (Phi) is 9.02. The lowest BCUT2D eigenvalue weighted by Crippen LogP contribution is -2.49. The van der Waals surface area contributed by atoms with Gasteiger partial charge in [-0.05, 0) is 51.3 Å². The fourth-order valence-corrected chi connectivity index (χ4v) is 3.48. The summed E-state index contributed by atoms with van der Waals surface area (Å²) in [4.78, 5) is 19.8.